The van der Waals surface area contributed by atoms with Gasteiger partial charge in [0.05, 0.1) is 26.9 Å². The van der Waals surface area contributed by atoms with E-state index in [0.29, 0.717) is 19.3 Å². The van der Waals surface area contributed by atoms with Crippen molar-refractivity contribution in [2.45, 2.75) is 25.3 Å². The van der Waals surface area contributed by atoms with Crippen molar-refractivity contribution >= 4 is 0 Å². The first kappa shape index (κ1) is 15.3. The lowest BCUT2D eigenvalue weighted by Crippen LogP contribution is -2.34. The predicted molar refractivity (Wildman–Crippen MR) is 79.2 cm³/mol. The van der Waals surface area contributed by atoms with E-state index in [1.165, 1.54) is 18.4 Å². The maximum atomic E-state index is 8.71. The number of benzene rings is 1. The molecule has 4 nitrogen and oxygen atoms in total. The fraction of sp³-hybridized carbons (Fsp3) is 0.625. The zero-order valence-corrected chi connectivity index (χ0v) is 12.3. The van der Waals surface area contributed by atoms with Crippen molar-refractivity contribution in [3.8, 4) is 5.75 Å². The van der Waals surface area contributed by atoms with E-state index < -0.39 is 0 Å². The summed E-state index contributed by atoms with van der Waals surface area (Å²) in [5.41, 5.74) is 1.28. The molecule has 4 heteroatoms. The lowest BCUT2D eigenvalue weighted by atomic mass is 10.0. The topological polar surface area (TPSA) is 41.9 Å². The molecule has 1 aliphatic heterocycles. The molecule has 0 radical (unpaired) electrons. The van der Waals surface area contributed by atoms with Crippen LogP contribution >= 0.6 is 0 Å². The van der Waals surface area contributed by atoms with Gasteiger partial charge in [-0.05, 0) is 37.4 Å². The summed E-state index contributed by atoms with van der Waals surface area (Å²) in [5, 5.41) is 8.71. The van der Waals surface area contributed by atoms with Gasteiger partial charge in [-0.15, -0.1) is 0 Å². The molecular weight excluding hydrogens is 254 g/mol. The molecule has 1 fully saturated rings. The lowest BCUT2D eigenvalue weighted by molar-refractivity contribution is 0.0710. The molecule has 0 bridgehead atoms. The third kappa shape index (κ3) is 4.20. The molecule has 1 saturated heterocycles. The first-order valence-corrected chi connectivity index (χ1v) is 7.39. The van der Waals surface area contributed by atoms with Gasteiger partial charge in [0.2, 0.25) is 0 Å². The summed E-state index contributed by atoms with van der Waals surface area (Å²) in [6.45, 7) is 3.32. The largest absolute Gasteiger partial charge is 0.496 e. The Bertz CT molecular complexity index is 397. The summed E-state index contributed by atoms with van der Waals surface area (Å²) in [6.07, 6.45) is 3.52. The average molecular weight is 279 g/mol. The summed E-state index contributed by atoms with van der Waals surface area (Å²) in [6, 6.07) is 8.83. The minimum absolute atomic E-state index is 0.102. The second-order valence-corrected chi connectivity index (χ2v) is 5.18. The predicted octanol–water partition coefficient (Wildman–Crippen LogP) is 1.71. The van der Waals surface area contributed by atoms with E-state index in [0.717, 1.165) is 25.3 Å². The van der Waals surface area contributed by atoms with E-state index in [4.69, 9.17) is 14.6 Å². The number of nitrogens with zero attached hydrogens (tertiary/aromatic N) is 1. The van der Waals surface area contributed by atoms with Crippen LogP contribution in [0, 0.1) is 0 Å². The van der Waals surface area contributed by atoms with Gasteiger partial charge in [0.15, 0.2) is 0 Å². The molecule has 1 aliphatic rings. The molecule has 1 N–H and O–H groups in total. The second-order valence-electron chi connectivity index (χ2n) is 5.18. The van der Waals surface area contributed by atoms with Gasteiger partial charge in [0, 0.05) is 12.6 Å². The van der Waals surface area contributed by atoms with E-state index in [9.17, 15) is 0 Å². The van der Waals surface area contributed by atoms with Crippen LogP contribution in [0.4, 0.5) is 0 Å². The number of aliphatic hydroxyl groups is 1. The molecular formula is C16H25NO3. The number of aliphatic hydroxyl groups excluding tert-OH is 1. The van der Waals surface area contributed by atoms with Gasteiger partial charge in [-0.3, -0.25) is 4.90 Å². The molecule has 1 unspecified atom stereocenters. The molecule has 20 heavy (non-hydrogen) atoms. The molecule has 1 aromatic carbocycles. The molecule has 1 atom stereocenters. The van der Waals surface area contributed by atoms with Gasteiger partial charge in [-0.1, -0.05) is 18.2 Å². The highest BCUT2D eigenvalue weighted by Gasteiger charge is 2.25. The third-order valence-corrected chi connectivity index (χ3v) is 3.91. The zero-order chi connectivity index (χ0) is 14.2. The maximum absolute atomic E-state index is 8.71. The summed E-state index contributed by atoms with van der Waals surface area (Å²) in [5.74, 6) is 0.982. The van der Waals surface area contributed by atoms with Gasteiger partial charge < -0.3 is 14.6 Å². The molecule has 2 rings (SSSR count). The van der Waals surface area contributed by atoms with Gasteiger partial charge in [0.25, 0.3) is 0 Å². The van der Waals surface area contributed by atoms with Crippen LogP contribution < -0.4 is 4.74 Å². The molecule has 1 aromatic rings. The Kier molecular flexibility index (Phi) is 6.30. The maximum Gasteiger partial charge on any atom is 0.122 e. The smallest absolute Gasteiger partial charge is 0.122 e. The van der Waals surface area contributed by atoms with Crippen LogP contribution in [0.15, 0.2) is 24.3 Å². The average Bonchev–Trinajstić information content (AvgIpc) is 2.91. The molecule has 112 valence electrons. The van der Waals surface area contributed by atoms with Gasteiger partial charge in [0.1, 0.15) is 5.75 Å². The Morgan fingerprint density at radius 3 is 2.95 bits per heavy atom. The Morgan fingerprint density at radius 1 is 1.30 bits per heavy atom. The number of para-hydroxylation sites is 1. The number of hydrogen-bond donors (Lipinski definition) is 1. The van der Waals surface area contributed by atoms with E-state index in [-0.39, 0.29) is 6.61 Å². The van der Waals surface area contributed by atoms with Crippen LogP contribution in [-0.2, 0) is 11.2 Å². The highest BCUT2D eigenvalue weighted by atomic mass is 16.5. The van der Waals surface area contributed by atoms with Crippen molar-refractivity contribution in [2.24, 2.45) is 0 Å². The van der Waals surface area contributed by atoms with Crippen molar-refractivity contribution in [2.75, 3.05) is 40.0 Å². The summed E-state index contributed by atoms with van der Waals surface area (Å²) >= 11 is 0. The van der Waals surface area contributed by atoms with E-state index in [2.05, 4.69) is 17.0 Å². The van der Waals surface area contributed by atoms with Crippen molar-refractivity contribution < 1.29 is 14.6 Å². The standard InChI is InChI=1S/C16H25NO3/c1-19-16-7-3-2-5-14(16)13-15-6-4-8-17(15)9-11-20-12-10-18/h2-3,5,7,15,18H,4,6,8-13H2,1H3. The van der Waals surface area contributed by atoms with Crippen molar-refractivity contribution in [3.63, 3.8) is 0 Å². The van der Waals surface area contributed by atoms with Crippen molar-refractivity contribution in [3.05, 3.63) is 29.8 Å². The summed E-state index contributed by atoms with van der Waals surface area (Å²) in [4.78, 5) is 2.49. The van der Waals surface area contributed by atoms with Gasteiger partial charge in [-0.2, -0.15) is 0 Å². The first-order chi connectivity index (χ1) is 9.85. The second kappa shape index (κ2) is 8.25. The normalized spacial score (nSPS) is 19.4. The van der Waals surface area contributed by atoms with E-state index in [1.54, 1.807) is 7.11 Å². The third-order valence-electron chi connectivity index (χ3n) is 3.91. The molecule has 0 aromatic heterocycles. The number of ether oxygens (including phenoxy) is 2. The number of rotatable bonds is 8. The monoisotopic (exact) mass is 279 g/mol. The fourth-order valence-corrected chi connectivity index (χ4v) is 2.89. The van der Waals surface area contributed by atoms with Gasteiger partial charge in [-0.25, -0.2) is 0 Å². The van der Waals surface area contributed by atoms with Crippen LogP contribution in [-0.4, -0.2) is 56.1 Å². The van der Waals surface area contributed by atoms with Crippen LogP contribution in [0.3, 0.4) is 0 Å². The summed E-state index contributed by atoms with van der Waals surface area (Å²) < 4.78 is 10.8. The minimum Gasteiger partial charge on any atom is -0.496 e. The number of likely N-dealkylation sites (tertiary alicyclic amines) is 1. The first-order valence-electron chi connectivity index (χ1n) is 7.39. The lowest BCUT2D eigenvalue weighted by Gasteiger charge is -2.25. The highest BCUT2D eigenvalue weighted by molar-refractivity contribution is 5.33. The Hall–Kier alpha value is -1.10. The molecule has 0 saturated carbocycles. The molecule has 1 heterocycles. The van der Waals surface area contributed by atoms with Gasteiger partial charge >= 0.3 is 0 Å². The van der Waals surface area contributed by atoms with Crippen LogP contribution in [0.25, 0.3) is 0 Å². The Labute approximate surface area is 121 Å². The Balaban J connectivity index is 1.87. The number of methoxy groups -OCH3 is 1. The van der Waals surface area contributed by atoms with Crippen LogP contribution in [0.1, 0.15) is 18.4 Å². The zero-order valence-electron chi connectivity index (χ0n) is 12.3. The fourth-order valence-electron chi connectivity index (χ4n) is 2.89. The van der Waals surface area contributed by atoms with Crippen LogP contribution in [0.2, 0.25) is 0 Å². The van der Waals surface area contributed by atoms with E-state index >= 15 is 0 Å². The van der Waals surface area contributed by atoms with Crippen LogP contribution in [0.5, 0.6) is 5.75 Å². The Morgan fingerprint density at radius 2 is 2.15 bits per heavy atom. The molecule has 0 spiro atoms. The van der Waals surface area contributed by atoms with Crippen molar-refractivity contribution in [1.82, 2.24) is 4.90 Å². The molecule has 0 amide bonds. The van der Waals surface area contributed by atoms with E-state index in [1.807, 2.05) is 12.1 Å². The van der Waals surface area contributed by atoms with Crippen molar-refractivity contribution in [1.29, 1.82) is 0 Å². The summed E-state index contributed by atoms with van der Waals surface area (Å²) in [7, 11) is 1.73. The highest BCUT2D eigenvalue weighted by Crippen LogP contribution is 2.25. The SMILES string of the molecule is COc1ccccc1CC1CCCN1CCOCCO. The quantitative estimate of drug-likeness (QED) is 0.736. The number of hydrogen-bond acceptors (Lipinski definition) is 4. The molecule has 0 aliphatic carbocycles. The minimum atomic E-state index is 0.102.